The Morgan fingerprint density at radius 1 is 1.19 bits per heavy atom. The summed E-state index contributed by atoms with van der Waals surface area (Å²) >= 11 is 0. The molecule has 1 unspecified atom stereocenters. The second kappa shape index (κ2) is 8.06. The SMILES string of the molecule is COC(=O)C1CN(C2CCCC2)CCS(=O)(=O)N1Cc1ccc(C)cc1. The molecule has 6 nitrogen and oxygen atoms in total. The molecule has 1 saturated carbocycles. The van der Waals surface area contributed by atoms with Crippen molar-refractivity contribution in [1.29, 1.82) is 0 Å². The lowest BCUT2D eigenvalue weighted by atomic mass is 10.1. The first-order valence-electron chi connectivity index (χ1n) is 9.27. The van der Waals surface area contributed by atoms with E-state index in [0.29, 0.717) is 19.1 Å². The normalized spacial score (nSPS) is 25.1. The summed E-state index contributed by atoms with van der Waals surface area (Å²) in [5, 5.41) is 0. The van der Waals surface area contributed by atoms with Gasteiger partial charge in [-0.2, -0.15) is 4.31 Å². The maximum Gasteiger partial charge on any atom is 0.325 e. The van der Waals surface area contributed by atoms with Gasteiger partial charge in [0.15, 0.2) is 0 Å². The molecular formula is C19H28N2O4S. The number of carbonyl (C=O) groups is 1. The Bertz CT molecular complexity index is 726. The third-order valence-electron chi connectivity index (χ3n) is 5.52. The number of benzene rings is 1. The van der Waals surface area contributed by atoms with Crippen LogP contribution in [0.15, 0.2) is 24.3 Å². The van der Waals surface area contributed by atoms with Crippen molar-refractivity contribution in [3.05, 3.63) is 35.4 Å². The lowest BCUT2D eigenvalue weighted by molar-refractivity contribution is -0.146. The van der Waals surface area contributed by atoms with Crippen LogP contribution in [0.25, 0.3) is 0 Å². The molecule has 7 heteroatoms. The van der Waals surface area contributed by atoms with Crippen molar-refractivity contribution in [3.63, 3.8) is 0 Å². The van der Waals surface area contributed by atoms with E-state index in [2.05, 4.69) is 4.90 Å². The Labute approximate surface area is 156 Å². The predicted octanol–water partition coefficient (Wildman–Crippen LogP) is 1.93. The van der Waals surface area contributed by atoms with Gasteiger partial charge in [-0.15, -0.1) is 0 Å². The number of nitrogens with zero attached hydrogens (tertiary/aromatic N) is 2. The van der Waals surface area contributed by atoms with Crippen LogP contribution in [0.2, 0.25) is 0 Å². The minimum atomic E-state index is -3.54. The molecule has 1 saturated heterocycles. The highest BCUT2D eigenvalue weighted by atomic mass is 32.2. The van der Waals surface area contributed by atoms with Gasteiger partial charge in [0.05, 0.1) is 12.9 Å². The number of carbonyl (C=O) groups excluding carboxylic acids is 1. The molecule has 2 aliphatic rings. The first kappa shape index (κ1) is 19.3. The lowest BCUT2D eigenvalue weighted by Crippen LogP contribution is -2.49. The van der Waals surface area contributed by atoms with Crippen LogP contribution in [0.4, 0.5) is 0 Å². The quantitative estimate of drug-likeness (QED) is 0.747. The van der Waals surface area contributed by atoms with E-state index in [1.54, 1.807) is 0 Å². The maximum atomic E-state index is 13.0. The monoisotopic (exact) mass is 380 g/mol. The minimum Gasteiger partial charge on any atom is -0.468 e. The zero-order valence-electron chi connectivity index (χ0n) is 15.6. The van der Waals surface area contributed by atoms with E-state index < -0.39 is 22.0 Å². The van der Waals surface area contributed by atoms with Crippen molar-refractivity contribution in [1.82, 2.24) is 9.21 Å². The van der Waals surface area contributed by atoms with Crippen LogP contribution >= 0.6 is 0 Å². The highest BCUT2D eigenvalue weighted by Crippen LogP contribution is 2.27. The maximum absolute atomic E-state index is 13.0. The second-order valence-electron chi connectivity index (χ2n) is 7.32. The van der Waals surface area contributed by atoms with Crippen LogP contribution in [0.1, 0.15) is 36.8 Å². The summed E-state index contributed by atoms with van der Waals surface area (Å²) in [6.45, 7) is 3.07. The zero-order valence-corrected chi connectivity index (χ0v) is 16.4. The lowest BCUT2D eigenvalue weighted by Gasteiger charge is -2.31. The highest BCUT2D eigenvalue weighted by Gasteiger charge is 2.41. The Hall–Kier alpha value is -1.44. The summed E-state index contributed by atoms with van der Waals surface area (Å²) in [4.78, 5) is 14.6. The number of sulfonamides is 1. The predicted molar refractivity (Wildman–Crippen MR) is 100 cm³/mol. The Balaban J connectivity index is 1.89. The van der Waals surface area contributed by atoms with Gasteiger partial charge in [-0.1, -0.05) is 42.7 Å². The van der Waals surface area contributed by atoms with Crippen molar-refractivity contribution < 1.29 is 17.9 Å². The summed E-state index contributed by atoms with van der Waals surface area (Å²) in [6, 6.07) is 7.32. The van der Waals surface area contributed by atoms with Crippen molar-refractivity contribution in [2.75, 3.05) is 26.0 Å². The van der Waals surface area contributed by atoms with Gasteiger partial charge in [0, 0.05) is 25.7 Å². The average Bonchev–Trinajstić information content (AvgIpc) is 3.12. The number of esters is 1. The average molecular weight is 381 g/mol. The molecule has 0 bridgehead atoms. The fourth-order valence-electron chi connectivity index (χ4n) is 3.96. The van der Waals surface area contributed by atoms with Gasteiger partial charge in [0.1, 0.15) is 6.04 Å². The molecule has 1 atom stereocenters. The molecule has 1 aromatic rings. The standard InChI is InChI=1S/C19H28N2O4S/c1-15-7-9-16(10-8-15)13-21-18(19(22)25-2)14-20(11-12-26(21,23)24)17-5-3-4-6-17/h7-10,17-18H,3-6,11-14H2,1-2H3. The molecule has 26 heavy (non-hydrogen) atoms. The molecule has 1 heterocycles. The first-order valence-corrected chi connectivity index (χ1v) is 10.9. The number of aryl methyl sites for hydroxylation is 1. The highest BCUT2D eigenvalue weighted by molar-refractivity contribution is 7.89. The third-order valence-corrected chi connectivity index (χ3v) is 7.32. The number of hydrogen-bond acceptors (Lipinski definition) is 5. The van der Waals surface area contributed by atoms with Crippen LogP contribution in [-0.4, -0.2) is 61.6 Å². The number of methoxy groups -OCH3 is 1. The Morgan fingerprint density at radius 2 is 1.85 bits per heavy atom. The van der Waals surface area contributed by atoms with Crippen LogP contribution in [0, 0.1) is 6.92 Å². The summed E-state index contributed by atoms with van der Waals surface area (Å²) < 4.78 is 32.2. The molecule has 1 aromatic carbocycles. The van der Waals surface area contributed by atoms with Gasteiger partial charge in [0.25, 0.3) is 0 Å². The zero-order chi connectivity index (χ0) is 18.7. The van der Waals surface area contributed by atoms with E-state index in [-0.39, 0.29) is 12.3 Å². The minimum absolute atomic E-state index is 0.0445. The summed E-state index contributed by atoms with van der Waals surface area (Å²) in [5.41, 5.74) is 1.99. The largest absolute Gasteiger partial charge is 0.468 e. The molecule has 0 amide bonds. The summed E-state index contributed by atoms with van der Waals surface area (Å²) in [7, 11) is -2.22. The van der Waals surface area contributed by atoms with Gasteiger partial charge in [0.2, 0.25) is 10.0 Å². The fourth-order valence-corrected chi connectivity index (χ4v) is 5.55. The van der Waals surface area contributed by atoms with E-state index in [1.807, 2.05) is 31.2 Å². The molecule has 0 spiro atoms. The Kier molecular flexibility index (Phi) is 5.99. The van der Waals surface area contributed by atoms with Gasteiger partial charge in [-0.3, -0.25) is 9.69 Å². The van der Waals surface area contributed by atoms with Gasteiger partial charge in [-0.25, -0.2) is 8.42 Å². The first-order chi connectivity index (χ1) is 12.4. The second-order valence-corrected chi connectivity index (χ2v) is 9.36. The smallest absolute Gasteiger partial charge is 0.325 e. The molecule has 0 N–H and O–H groups in total. The van der Waals surface area contributed by atoms with Gasteiger partial charge in [-0.05, 0) is 25.3 Å². The molecule has 2 fully saturated rings. The molecule has 3 rings (SSSR count). The number of hydrogen-bond donors (Lipinski definition) is 0. The number of ether oxygens (including phenoxy) is 1. The van der Waals surface area contributed by atoms with Crippen molar-refractivity contribution >= 4 is 16.0 Å². The van der Waals surface area contributed by atoms with Crippen molar-refractivity contribution in [2.24, 2.45) is 0 Å². The molecule has 0 radical (unpaired) electrons. The molecule has 1 aliphatic heterocycles. The molecule has 0 aromatic heterocycles. The molecule has 1 aliphatic carbocycles. The van der Waals surface area contributed by atoms with Crippen molar-refractivity contribution in [2.45, 2.75) is 51.2 Å². The Morgan fingerprint density at radius 3 is 2.46 bits per heavy atom. The van der Waals surface area contributed by atoms with E-state index in [1.165, 1.54) is 24.3 Å². The van der Waals surface area contributed by atoms with Crippen LogP contribution in [-0.2, 0) is 26.1 Å². The molecular weight excluding hydrogens is 352 g/mol. The summed E-state index contributed by atoms with van der Waals surface area (Å²) in [6.07, 6.45) is 4.49. The van der Waals surface area contributed by atoms with Crippen LogP contribution < -0.4 is 0 Å². The van der Waals surface area contributed by atoms with Crippen molar-refractivity contribution in [3.8, 4) is 0 Å². The van der Waals surface area contributed by atoms with E-state index in [4.69, 9.17) is 4.74 Å². The fraction of sp³-hybridized carbons (Fsp3) is 0.632. The van der Waals surface area contributed by atoms with Crippen LogP contribution in [0.5, 0.6) is 0 Å². The molecule has 144 valence electrons. The number of rotatable bonds is 4. The topological polar surface area (TPSA) is 66.9 Å². The third kappa shape index (κ3) is 4.27. The summed E-state index contributed by atoms with van der Waals surface area (Å²) in [5.74, 6) is -0.436. The van der Waals surface area contributed by atoms with E-state index in [0.717, 1.165) is 24.0 Å². The van der Waals surface area contributed by atoms with Gasteiger partial charge < -0.3 is 4.74 Å². The van der Waals surface area contributed by atoms with E-state index >= 15 is 0 Å². The van der Waals surface area contributed by atoms with Gasteiger partial charge >= 0.3 is 5.97 Å². The van der Waals surface area contributed by atoms with E-state index in [9.17, 15) is 13.2 Å². The van der Waals surface area contributed by atoms with Crippen LogP contribution in [0.3, 0.4) is 0 Å².